The van der Waals surface area contributed by atoms with Gasteiger partial charge >= 0.3 is 0 Å². The Labute approximate surface area is 234 Å². The van der Waals surface area contributed by atoms with Gasteiger partial charge in [-0.15, -0.1) is 6.58 Å². The van der Waals surface area contributed by atoms with E-state index in [9.17, 15) is 0 Å². The zero-order valence-corrected chi connectivity index (χ0v) is 24.5. The highest BCUT2D eigenvalue weighted by Gasteiger charge is 2.16. The first-order valence-electron chi connectivity index (χ1n) is 14.9. The Kier molecular flexibility index (Phi) is 12.1. The number of hydrogen-bond donors (Lipinski definition) is 0. The smallest absolute Gasteiger partial charge is 0.00697 e. The molecule has 0 nitrogen and oxygen atoms in total. The van der Waals surface area contributed by atoms with Crippen molar-refractivity contribution in [1.82, 2.24) is 0 Å². The van der Waals surface area contributed by atoms with Crippen LogP contribution < -0.4 is 0 Å². The molecule has 0 heterocycles. The second-order valence-electron chi connectivity index (χ2n) is 11.6. The van der Waals surface area contributed by atoms with E-state index in [4.69, 9.17) is 0 Å². The summed E-state index contributed by atoms with van der Waals surface area (Å²) >= 11 is 0. The van der Waals surface area contributed by atoms with E-state index in [0.29, 0.717) is 17.8 Å². The summed E-state index contributed by atoms with van der Waals surface area (Å²) in [5.41, 5.74) is 9.93. The molecule has 0 saturated carbocycles. The Balaban J connectivity index is 1.49. The van der Waals surface area contributed by atoms with Crippen LogP contribution >= 0.6 is 0 Å². The molecule has 0 bridgehead atoms. The Bertz CT molecular complexity index is 1120. The van der Waals surface area contributed by atoms with Crippen molar-refractivity contribution < 1.29 is 0 Å². The molecule has 0 aliphatic heterocycles. The van der Waals surface area contributed by atoms with E-state index in [1.165, 1.54) is 58.2 Å². The fourth-order valence-corrected chi connectivity index (χ4v) is 5.84. The largest absolute Gasteiger partial charge is 0.103 e. The highest BCUT2D eigenvalue weighted by atomic mass is 14.2. The lowest BCUT2D eigenvalue weighted by Gasteiger charge is -2.22. The van der Waals surface area contributed by atoms with Gasteiger partial charge in [-0.3, -0.25) is 0 Å². The van der Waals surface area contributed by atoms with Gasteiger partial charge in [0.1, 0.15) is 0 Å². The lowest BCUT2D eigenvalue weighted by Crippen LogP contribution is -2.08. The molecule has 2 aromatic rings. The van der Waals surface area contributed by atoms with Gasteiger partial charge in [0.05, 0.1) is 0 Å². The van der Waals surface area contributed by atoms with Crippen molar-refractivity contribution in [3.05, 3.63) is 125 Å². The topological polar surface area (TPSA) is 0 Å². The minimum atomic E-state index is 0.551. The molecule has 0 fully saturated rings. The van der Waals surface area contributed by atoms with Crippen LogP contribution in [0.5, 0.6) is 0 Å². The van der Waals surface area contributed by atoms with E-state index in [1.807, 2.05) is 6.08 Å². The summed E-state index contributed by atoms with van der Waals surface area (Å²) < 4.78 is 0. The Morgan fingerprint density at radius 3 is 2.45 bits per heavy atom. The van der Waals surface area contributed by atoms with Crippen LogP contribution in [0.4, 0.5) is 0 Å². The van der Waals surface area contributed by atoms with E-state index in [1.54, 1.807) is 0 Å². The van der Waals surface area contributed by atoms with E-state index < -0.39 is 0 Å². The quantitative estimate of drug-likeness (QED) is 0.166. The third kappa shape index (κ3) is 9.46. The van der Waals surface area contributed by atoms with Gasteiger partial charge in [-0.25, -0.2) is 0 Å². The van der Waals surface area contributed by atoms with Crippen LogP contribution in [-0.2, 0) is 19.3 Å². The van der Waals surface area contributed by atoms with E-state index >= 15 is 0 Å². The molecule has 1 aliphatic rings. The predicted octanol–water partition coefficient (Wildman–Crippen LogP) is 11.0. The average Bonchev–Trinajstić information content (AvgIpc) is 2.92. The monoisotopic (exact) mass is 506 g/mol. The molecule has 3 atom stereocenters. The number of rotatable bonds is 15. The molecule has 0 saturated heterocycles. The van der Waals surface area contributed by atoms with Gasteiger partial charge < -0.3 is 0 Å². The summed E-state index contributed by atoms with van der Waals surface area (Å²) in [6.07, 6.45) is 23.6. The molecule has 38 heavy (non-hydrogen) atoms. The molecule has 0 spiro atoms. The summed E-state index contributed by atoms with van der Waals surface area (Å²) in [5.74, 6) is 1.75. The van der Waals surface area contributed by atoms with Crippen LogP contribution in [0.1, 0.15) is 100.0 Å². The summed E-state index contributed by atoms with van der Waals surface area (Å²) in [7, 11) is 0. The van der Waals surface area contributed by atoms with Crippen LogP contribution in [0.15, 0.2) is 97.1 Å². The van der Waals surface area contributed by atoms with Crippen molar-refractivity contribution in [2.75, 3.05) is 0 Å². The second-order valence-corrected chi connectivity index (χ2v) is 11.6. The summed E-state index contributed by atoms with van der Waals surface area (Å²) in [4.78, 5) is 0. The maximum Gasteiger partial charge on any atom is -0.00697 e. The van der Waals surface area contributed by atoms with Crippen LogP contribution in [-0.4, -0.2) is 0 Å². The zero-order chi connectivity index (χ0) is 27.3. The Hall–Kier alpha value is -2.86. The highest BCUT2D eigenvalue weighted by molar-refractivity contribution is 5.57. The molecule has 202 valence electrons. The maximum absolute atomic E-state index is 4.44. The van der Waals surface area contributed by atoms with Crippen LogP contribution in [0.3, 0.4) is 0 Å². The number of aryl methyl sites for hydroxylation is 2. The molecule has 3 rings (SSSR count). The molecule has 3 unspecified atom stereocenters. The first-order chi connectivity index (χ1) is 18.4. The minimum absolute atomic E-state index is 0.551. The zero-order valence-electron chi connectivity index (χ0n) is 24.5. The summed E-state index contributed by atoms with van der Waals surface area (Å²) in [6.45, 7) is 17.6. The lowest BCUT2D eigenvalue weighted by atomic mass is 9.83. The van der Waals surface area contributed by atoms with Gasteiger partial charge in [0.25, 0.3) is 0 Å². The standard InChI is InChI=1S/C38H50/c1-7-9-10-12-15-33-20-23-38(35(8-2)28-33)27-31(5)25-29(3)24-30(4)26-34-18-21-37(22-19-34)32(6)36-16-13-11-14-17-36/h7,11,13-14,16,18-23,27-29,32,36H,1,4,8-10,12,15,17,24-26H2,2-3,5-6H3. The molecular formula is C38H50. The fraction of sp³-hybridized carbons (Fsp3) is 0.421. The van der Waals surface area contributed by atoms with Crippen molar-refractivity contribution >= 4 is 6.08 Å². The fourth-order valence-electron chi connectivity index (χ4n) is 5.84. The van der Waals surface area contributed by atoms with E-state index in [-0.39, 0.29) is 0 Å². The lowest BCUT2D eigenvalue weighted by molar-refractivity contribution is 0.544. The number of benzene rings is 2. The van der Waals surface area contributed by atoms with Crippen molar-refractivity contribution in [3.8, 4) is 0 Å². The molecule has 0 N–H and O–H groups in total. The molecule has 1 aliphatic carbocycles. The third-order valence-corrected chi connectivity index (χ3v) is 8.04. The predicted molar refractivity (Wildman–Crippen MR) is 170 cm³/mol. The second kappa shape index (κ2) is 15.5. The molecule has 0 heteroatoms. The Morgan fingerprint density at radius 1 is 1.00 bits per heavy atom. The van der Waals surface area contributed by atoms with Crippen LogP contribution in [0.2, 0.25) is 0 Å². The van der Waals surface area contributed by atoms with E-state index in [0.717, 1.165) is 38.5 Å². The Morgan fingerprint density at radius 2 is 1.76 bits per heavy atom. The highest BCUT2D eigenvalue weighted by Crippen LogP contribution is 2.31. The summed E-state index contributed by atoms with van der Waals surface area (Å²) in [5, 5.41) is 0. The maximum atomic E-state index is 4.44. The van der Waals surface area contributed by atoms with Crippen molar-refractivity contribution in [2.24, 2.45) is 11.8 Å². The number of hydrogen-bond acceptors (Lipinski definition) is 0. The van der Waals surface area contributed by atoms with Gasteiger partial charge in [-0.2, -0.15) is 0 Å². The van der Waals surface area contributed by atoms with Gasteiger partial charge in [0, 0.05) is 0 Å². The first-order valence-corrected chi connectivity index (χ1v) is 14.9. The molecule has 0 radical (unpaired) electrons. The van der Waals surface area contributed by atoms with Gasteiger partial charge in [0.15, 0.2) is 0 Å². The van der Waals surface area contributed by atoms with Crippen LogP contribution in [0, 0.1) is 11.8 Å². The van der Waals surface area contributed by atoms with Gasteiger partial charge in [0.2, 0.25) is 0 Å². The minimum Gasteiger partial charge on any atom is -0.103 e. The van der Waals surface area contributed by atoms with E-state index in [2.05, 4.69) is 114 Å². The van der Waals surface area contributed by atoms with Gasteiger partial charge in [-0.05, 0) is 110 Å². The number of unbranched alkanes of at least 4 members (excludes halogenated alkanes) is 2. The number of allylic oxidation sites excluding steroid dienone is 7. The SMILES string of the molecule is C=CCCCCc1ccc(C=C(C)CC(C)CC(=C)Cc2ccc(C(C)C3C=CC=CC3)cc2)c(CC)c1. The average molecular weight is 507 g/mol. The normalized spacial score (nSPS) is 16.8. The third-order valence-electron chi connectivity index (χ3n) is 8.04. The van der Waals surface area contributed by atoms with Crippen molar-refractivity contribution in [2.45, 2.75) is 91.4 Å². The van der Waals surface area contributed by atoms with Crippen molar-refractivity contribution in [3.63, 3.8) is 0 Å². The van der Waals surface area contributed by atoms with Crippen LogP contribution in [0.25, 0.3) is 6.08 Å². The molecular weight excluding hydrogens is 456 g/mol. The summed E-state index contributed by atoms with van der Waals surface area (Å²) in [6, 6.07) is 16.4. The van der Waals surface area contributed by atoms with Gasteiger partial charge in [-0.1, -0.05) is 117 Å². The molecule has 2 aromatic carbocycles. The molecule has 0 aromatic heterocycles. The first kappa shape index (κ1) is 29.7. The van der Waals surface area contributed by atoms with Crippen molar-refractivity contribution in [1.29, 1.82) is 0 Å². The molecule has 0 amide bonds.